The Bertz CT molecular complexity index is 499. The van der Waals surface area contributed by atoms with Crippen molar-refractivity contribution >= 4 is 11.9 Å². The molecule has 1 N–H and O–H groups in total. The fourth-order valence-corrected chi connectivity index (χ4v) is 2.02. The van der Waals surface area contributed by atoms with E-state index in [4.69, 9.17) is 0 Å². The molecule has 1 aliphatic heterocycles. The number of hydrogen-bond donors (Lipinski definition) is 1. The fourth-order valence-electron chi connectivity index (χ4n) is 2.02. The molecule has 0 aromatic heterocycles. The van der Waals surface area contributed by atoms with Gasteiger partial charge in [0, 0.05) is 19.2 Å². The molecule has 1 unspecified atom stereocenters. The molecule has 6 heteroatoms. The van der Waals surface area contributed by atoms with E-state index in [0.717, 1.165) is 6.07 Å². The van der Waals surface area contributed by atoms with Crippen molar-refractivity contribution in [2.45, 2.75) is 13.3 Å². The van der Waals surface area contributed by atoms with E-state index < -0.39 is 17.7 Å². The Hall–Kier alpha value is -1.98. The smallest absolute Gasteiger partial charge is 0.323 e. The summed E-state index contributed by atoms with van der Waals surface area (Å²) in [6.45, 7) is 2.35. The summed E-state index contributed by atoms with van der Waals surface area (Å²) >= 11 is 0. The molecular weight excluding hydrogens is 254 g/mol. The number of benzene rings is 1. The topological polar surface area (TPSA) is 49.4 Å². The third kappa shape index (κ3) is 3.27. The quantitative estimate of drug-likeness (QED) is 0.907. The Balaban J connectivity index is 1.98. The van der Waals surface area contributed by atoms with Crippen molar-refractivity contribution in [2.75, 3.05) is 13.1 Å². The third-order valence-electron chi connectivity index (χ3n) is 3.05. The minimum absolute atomic E-state index is 0.276. The highest BCUT2D eigenvalue weighted by Gasteiger charge is 2.28. The second kappa shape index (κ2) is 5.34. The standard InChI is InChI=1S/C13H14F2N2O2/c1-8-7-17(13(19)16-12(8)18)3-2-9-4-10(14)6-11(15)5-9/h4-6,8H,2-3,7H2,1H3,(H,16,18,19). The zero-order valence-corrected chi connectivity index (χ0v) is 10.5. The van der Waals surface area contributed by atoms with Crippen LogP contribution in [0.1, 0.15) is 12.5 Å². The molecule has 2 rings (SSSR count). The van der Waals surface area contributed by atoms with Gasteiger partial charge in [0.1, 0.15) is 11.6 Å². The molecule has 4 nitrogen and oxygen atoms in total. The van der Waals surface area contributed by atoms with Crippen LogP contribution in [0.4, 0.5) is 13.6 Å². The minimum Gasteiger partial charge on any atom is -0.323 e. The van der Waals surface area contributed by atoms with Crippen molar-refractivity contribution in [3.8, 4) is 0 Å². The van der Waals surface area contributed by atoms with E-state index in [1.807, 2.05) is 0 Å². The van der Waals surface area contributed by atoms with Crippen LogP contribution in [-0.2, 0) is 11.2 Å². The van der Waals surface area contributed by atoms with Gasteiger partial charge in [-0.1, -0.05) is 6.92 Å². The van der Waals surface area contributed by atoms with Gasteiger partial charge in [-0.15, -0.1) is 0 Å². The lowest BCUT2D eigenvalue weighted by atomic mass is 10.1. The molecule has 1 saturated heterocycles. The molecule has 0 aliphatic carbocycles. The van der Waals surface area contributed by atoms with Gasteiger partial charge in [0.05, 0.1) is 5.92 Å². The summed E-state index contributed by atoms with van der Waals surface area (Å²) in [5.74, 6) is -1.84. The van der Waals surface area contributed by atoms with Crippen LogP contribution in [0.5, 0.6) is 0 Å². The van der Waals surface area contributed by atoms with Crippen LogP contribution in [0.15, 0.2) is 18.2 Å². The van der Waals surface area contributed by atoms with Gasteiger partial charge in [-0.2, -0.15) is 0 Å². The molecule has 0 spiro atoms. The molecule has 1 heterocycles. The molecule has 0 saturated carbocycles. The first-order valence-electron chi connectivity index (χ1n) is 6.00. The van der Waals surface area contributed by atoms with Crippen molar-refractivity contribution in [3.05, 3.63) is 35.4 Å². The van der Waals surface area contributed by atoms with Gasteiger partial charge in [-0.3, -0.25) is 10.1 Å². The Morgan fingerprint density at radius 3 is 2.53 bits per heavy atom. The van der Waals surface area contributed by atoms with Crippen molar-refractivity contribution in [3.63, 3.8) is 0 Å². The van der Waals surface area contributed by atoms with Gasteiger partial charge in [-0.05, 0) is 24.1 Å². The molecule has 1 aromatic rings. The summed E-state index contributed by atoms with van der Waals surface area (Å²) in [7, 11) is 0. The molecule has 1 aromatic carbocycles. The van der Waals surface area contributed by atoms with Crippen LogP contribution in [0.2, 0.25) is 0 Å². The van der Waals surface area contributed by atoms with Crippen molar-refractivity contribution in [2.24, 2.45) is 5.92 Å². The normalized spacial score (nSPS) is 19.5. The summed E-state index contributed by atoms with van der Waals surface area (Å²) in [6, 6.07) is 2.82. The number of urea groups is 1. The maximum Gasteiger partial charge on any atom is 0.324 e. The van der Waals surface area contributed by atoms with Gasteiger partial charge >= 0.3 is 6.03 Å². The molecule has 1 fully saturated rings. The number of nitrogens with zero attached hydrogens (tertiary/aromatic N) is 1. The second-order valence-electron chi connectivity index (χ2n) is 4.67. The molecule has 0 bridgehead atoms. The largest absolute Gasteiger partial charge is 0.324 e. The summed E-state index contributed by atoms with van der Waals surface area (Å²) < 4.78 is 26.0. The number of hydrogen-bond acceptors (Lipinski definition) is 2. The van der Waals surface area contributed by atoms with E-state index in [1.165, 1.54) is 17.0 Å². The van der Waals surface area contributed by atoms with Crippen molar-refractivity contribution < 1.29 is 18.4 Å². The van der Waals surface area contributed by atoms with Crippen LogP contribution in [0.25, 0.3) is 0 Å². The van der Waals surface area contributed by atoms with E-state index in [1.54, 1.807) is 6.92 Å². The Morgan fingerprint density at radius 1 is 1.26 bits per heavy atom. The van der Waals surface area contributed by atoms with Crippen molar-refractivity contribution in [1.82, 2.24) is 10.2 Å². The maximum atomic E-state index is 13.0. The molecule has 1 aliphatic rings. The molecule has 3 amide bonds. The lowest BCUT2D eigenvalue weighted by Crippen LogP contribution is -2.54. The molecule has 102 valence electrons. The number of imide groups is 1. The number of amides is 3. The Kier molecular flexibility index (Phi) is 3.78. The number of rotatable bonds is 3. The number of halogens is 2. The van der Waals surface area contributed by atoms with Gasteiger partial charge < -0.3 is 4.90 Å². The third-order valence-corrected chi connectivity index (χ3v) is 3.05. The summed E-state index contributed by atoms with van der Waals surface area (Å²) in [6.07, 6.45) is 0.336. The lowest BCUT2D eigenvalue weighted by Gasteiger charge is -2.30. The summed E-state index contributed by atoms with van der Waals surface area (Å²) in [5.41, 5.74) is 0.481. The first-order valence-corrected chi connectivity index (χ1v) is 6.00. The lowest BCUT2D eigenvalue weighted by molar-refractivity contribution is -0.125. The molecule has 19 heavy (non-hydrogen) atoms. The zero-order chi connectivity index (χ0) is 14.0. The Morgan fingerprint density at radius 2 is 1.89 bits per heavy atom. The first kappa shape index (κ1) is 13.5. The highest BCUT2D eigenvalue weighted by atomic mass is 19.1. The SMILES string of the molecule is CC1CN(CCc2cc(F)cc(F)c2)C(=O)NC1=O. The predicted octanol–water partition coefficient (Wildman–Crippen LogP) is 1.70. The van der Waals surface area contributed by atoms with E-state index in [9.17, 15) is 18.4 Å². The average molecular weight is 268 g/mol. The van der Waals surface area contributed by atoms with Gasteiger partial charge in [0.25, 0.3) is 0 Å². The first-order chi connectivity index (χ1) is 8.95. The van der Waals surface area contributed by atoms with Gasteiger partial charge in [-0.25, -0.2) is 13.6 Å². The highest BCUT2D eigenvalue weighted by Crippen LogP contribution is 2.12. The van der Waals surface area contributed by atoms with Crippen LogP contribution in [0, 0.1) is 17.6 Å². The average Bonchev–Trinajstić information content (AvgIpc) is 2.31. The summed E-state index contributed by atoms with van der Waals surface area (Å²) in [5, 5.41) is 2.24. The molecular formula is C13H14F2N2O2. The monoisotopic (exact) mass is 268 g/mol. The van der Waals surface area contributed by atoms with Crippen LogP contribution in [-0.4, -0.2) is 29.9 Å². The fraction of sp³-hybridized carbons (Fsp3) is 0.385. The van der Waals surface area contributed by atoms with E-state index in [2.05, 4.69) is 5.32 Å². The summed E-state index contributed by atoms with van der Waals surface area (Å²) in [4.78, 5) is 24.3. The second-order valence-corrected chi connectivity index (χ2v) is 4.67. The molecule has 1 atom stereocenters. The predicted molar refractivity (Wildman–Crippen MR) is 64.3 cm³/mol. The zero-order valence-electron chi connectivity index (χ0n) is 10.5. The highest BCUT2D eigenvalue weighted by molar-refractivity contribution is 5.97. The van der Waals surface area contributed by atoms with Gasteiger partial charge in [0.2, 0.25) is 5.91 Å². The van der Waals surface area contributed by atoms with Crippen LogP contribution in [0.3, 0.4) is 0 Å². The van der Waals surface area contributed by atoms with Crippen LogP contribution < -0.4 is 5.32 Å². The van der Waals surface area contributed by atoms with E-state index in [-0.39, 0.29) is 11.8 Å². The van der Waals surface area contributed by atoms with Crippen LogP contribution >= 0.6 is 0 Å². The van der Waals surface area contributed by atoms with E-state index in [0.29, 0.717) is 25.1 Å². The Labute approximate surface area is 109 Å². The number of nitrogens with one attached hydrogen (secondary N) is 1. The minimum atomic E-state index is -0.637. The number of carbonyl (C=O) groups excluding carboxylic acids is 2. The molecule has 0 radical (unpaired) electrons. The maximum absolute atomic E-state index is 13.0. The van der Waals surface area contributed by atoms with Gasteiger partial charge in [0.15, 0.2) is 0 Å². The number of carbonyl (C=O) groups is 2. The van der Waals surface area contributed by atoms with Crippen molar-refractivity contribution in [1.29, 1.82) is 0 Å². The van der Waals surface area contributed by atoms with E-state index >= 15 is 0 Å².